The molecule has 0 unspecified atom stereocenters. The summed E-state index contributed by atoms with van der Waals surface area (Å²) in [6.07, 6.45) is 1.44. The Labute approximate surface area is 178 Å². The van der Waals surface area contributed by atoms with Gasteiger partial charge in [-0.3, -0.25) is 19.7 Å². The second kappa shape index (κ2) is 7.84. The third-order valence-corrected chi connectivity index (χ3v) is 6.32. The van der Waals surface area contributed by atoms with Gasteiger partial charge in [0.15, 0.2) is 10.9 Å². The van der Waals surface area contributed by atoms with Crippen molar-refractivity contribution in [3.63, 3.8) is 0 Å². The Hall–Kier alpha value is -3.31. The summed E-state index contributed by atoms with van der Waals surface area (Å²) in [6.45, 7) is 3.47. The molecule has 0 radical (unpaired) electrons. The molecule has 0 aliphatic rings. The number of aromatic nitrogens is 3. The fraction of sp³-hybridized carbons (Fsp3) is 0.211. The fourth-order valence-corrected chi connectivity index (χ4v) is 4.58. The summed E-state index contributed by atoms with van der Waals surface area (Å²) in [4.78, 5) is 45.7. The van der Waals surface area contributed by atoms with Gasteiger partial charge in [-0.25, -0.2) is 9.97 Å². The number of furan rings is 1. The van der Waals surface area contributed by atoms with Crippen molar-refractivity contribution in [2.45, 2.75) is 20.4 Å². The second-order valence-corrected chi connectivity index (χ2v) is 8.42. The molecule has 0 spiro atoms. The van der Waals surface area contributed by atoms with E-state index >= 15 is 0 Å². The second-order valence-electron chi connectivity index (χ2n) is 6.56. The Bertz CT molecular complexity index is 1330. The molecule has 0 aromatic carbocycles. The molecule has 154 valence electrons. The van der Waals surface area contributed by atoms with Crippen LogP contribution in [0.4, 0.5) is 5.13 Å². The smallest absolute Gasteiger partial charge is 0.267 e. The fourth-order valence-electron chi connectivity index (χ4n) is 2.85. The third-order valence-electron chi connectivity index (χ3n) is 4.37. The molecule has 4 rings (SSSR count). The summed E-state index contributed by atoms with van der Waals surface area (Å²) in [6, 6.07) is 3.52. The molecule has 9 nitrogen and oxygen atoms in total. The van der Waals surface area contributed by atoms with Crippen LogP contribution in [-0.4, -0.2) is 26.3 Å². The van der Waals surface area contributed by atoms with Crippen molar-refractivity contribution in [2.75, 3.05) is 5.32 Å². The van der Waals surface area contributed by atoms with Gasteiger partial charge in [0.1, 0.15) is 16.3 Å². The average Bonchev–Trinajstić information content (AvgIpc) is 3.42. The SMILES string of the molecule is CC(=O)NCc1ccc(-c2csc(NC(=O)c3sc4ncn(C)c(=O)c4c3C)n2)o1. The van der Waals surface area contributed by atoms with E-state index in [2.05, 4.69) is 20.6 Å². The first-order chi connectivity index (χ1) is 14.3. The predicted molar refractivity (Wildman–Crippen MR) is 115 cm³/mol. The Morgan fingerprint density at radius 1 is 1.30 bits per heavy atom. The Kier molecular flexibility index (Phi) is 5.22. The van der Waals surface area contributed by atoms with Crippen molar-refractivity contribution in [1.82, 2.24) is 19.9 Å². The largest absolute Gasteiger partial charge is 0.458 e. The van der Waals surface area contributed by atoms with E-state index in [4.69, 9.17) is 4.42 Å². The van der Waals surface area contributed by atoms with Crippen LogP contribution in [0.5, 0.6) is 0 Å². The van der Waals surface area contributed by atoms with Gasteiger partial charge in [-0.1, -0.05) is 0 Å². The monoisotopic (exact) mass is 443 g/mol. The molecular formula is C19H17N5O4S2. The number of fused-ring (bicyclic) bond motifs is 1. The highest BCUT2D eigenvalue weighted by Gasteiger charge is 2.20. The van der Waals surface area contributed by atoms with Crippen LogP contribution >= 0.6 is 22.7 Å². The number of thiazole rings is 1. The number of carbonyl (C=O) groups excluding carboxylic acids is 2. The molecule has 2 N–H and O–H groups in total. The van der Waals surface area contributed by atoms with Crippen LogP contribution in [0.1, 0.15) is 27.9 Å². The van der Waals surface area contributed by atoms with Gasteiger partial charge < -0.3 is 14.3 Å². The molecule has 4 aromatic rings. The van der Waals surface area contributed by atoms with Crippen LogP contribution in [0.15, 0.2) is 33.1 Å². The quantitative estimate of drug-likeness (QED) is 0.489. The Morgan fingerprint density at radius 2 is 2.10 bits per heavy atom. The molecule has 0 atom stereocenters. The summed E-state index contributed by atoms with van der Waals surface area (Å²) < 4.78 is 7.07. The number of thiophene rings is 1. The van der Waals surface area contributed by atoms with Gasteiger partial charge in [-0.2, -0.15) is 0 Å². The maximum Gasteiger partial charge on any atom is 0.267 e. The lowest BCUT2D eigenvalue weighted by Gasteiger charge is -2.00. The minimum Gasteiger partial charge on any atom is -0.458 e. The van der Waals surface area contributed by atoms with Gasteiger partial charge in [0.25, 0.3) is 11.5 Å². The zero-order valence-corrected chi connectivity index (χ0v) is 17.9. The summed E-state index contributed by atoms with van der Waals surface area (Å²) in [5.41, 5.74) is 0.997. The zero-order valence-electron chi connectivity index (χ0n) is 16.3. The molecule has 4 aromatic heterocycles. The van der Waals surface area contributed by atoms with Crippen LogP contribution in [-0.2, 0) is 18.4 Å². The van der Waals surface area contributed by atoms with Crippen molar-refractivity contribution in [1.29, 1.82) is 0 Å². The van der Waals surface area contributed by atoms with E-state index in [1.165, 1.54) is 40.5 Å². The van der Waals surface area contributed by atoms with Gasteiger partial charge in [0, 0.05) is 19.4 Å². The van der Waals surface area contributed by atoms with Crippen LogP contribution in [0.2, 0.25) is 0 Å². The van der Waals surface area contributed by atoms with Gasteiger partial charge in [0.05, 0.1) is 23.1 Å². The lowest BCUT2D eigenvalue weighted by molar-refractivity contribution is -0.119. The van der Waals surface area contributed by atoms with Crippen molar-refractivity contribution in [2.24, 2.45) is 7.05 Å². The molecule has 0 saturated carbocycles. The lowest BCUT2D eigenvalue weighted by Crippen LogP contribution is -2.18. The molecule has 11 heteroatoms. The highest BCUT2D eigenvalue weighted by molar-refractivity contribution is 7.21. The number of nitrogens with one attached hydrogen (secondary N) is 2. The van der Waals surface area contributed by atoms with E-state index in [9.17, 15) is 14.4 Å². The molecule has 0 bridgehead atoms. The number of carbonyl (C=O) groups is 2. The number of amides is 2. The first-order valence-electron chi connectivity index (χ1n) is 8.88. The van der Waals surface area contributed by atoms with E-state index in [1.54, 1.807) is 31.5 Å². The summed E-state index contributed by atoms with van der Waals surface area (Å²) in [7, 11) is 1.62. The van der Waals surface area contributed by atoms with Crippen molar-refractivity contribution >= 4 is 49.8 Å². The molecule has 2 amide bonds. The molecule has 0 aliphatic carbocycles. The number of hydrogen-bond acceptors (Lipinski definition) is 8. The lowest BCUT2D eigenvalue weighted by atomic mass is 10.2. The van der Waals surface area contributed by atoms with E-state index in [0.29, 0.717) is 49.5 Å². The molecule has 30 heavy (non-hydrogen) atoms. The van der Waals surface area contributed by atoms with E-state index in [-0.39, 0.29) is 17.4 Å². The standard InChI is InChI=1S/C19H17N5O4S2/c1-9-14-17(21-8-24(3)18(14)27)30-15(9)16(26)23-19-22-12(7-29-19)13-5-4-11(28-13)6-20-10(2)25/h4-5,7-8H,6H2,1-3H3,(H,20,25)(H,22,23,26). The highest BCUT2D eigenvalue weighted by Crippen LogP contribution is 2.30. The maximum atomic E-state index is 12.8. The Morgan fingerprint density at radius 3 is 2.87 bits per heavy atom. The van der Waals surface area contributed by atoms with Crippen LogP contribution in [0.25, 0.3) is 21.7 Å². The molecule has 0 saturated heterocycles. The summed E-state index contributed by atoms with van der Waals surface area (Å²) in [5, 5.41) is 8.07. The van der Waals surface area contributed by atoms with Gasteiger partial charge in [-0.15, -0.1) is 22.7 Å². The Balaban J connectivity index is 1.53. The van der Waals surface area contributed by atoms with E-state index < -0.39 is 0 Å². The first-order valence-corrected chi connectivity index (χ1v) is 10.6. The van der Waals surface area contributed by atoms with Crippen molar-refractivity contribution in [3.05, 3.63) is 50.4 Å². The summed E-state index contributed by atoms with van der Waals surface area (Å²) >= 11 is 2.44. The van der Waals surface area contributed by atoms with Crippen LogP contribution in [0.3, 0.4) is 0 Å². The first kappa shape index (κ1) is 20.0. The third kappa shape index (κ3) is 3.76. The van der Waals surface area contributed by atoms with Gasteiger partial charge in [0.2, 0.25) is 5.91 Å². The summed E-state index contributed by atoms with van der Waals surface area (Å²) in [5.74, 6) is 0.659. The molecule has 0 fully saturated rings. The molecule has 0 aliphatic heterocycles. The highest BCUT2D eigenvalue weighted by atomic mass is 32.1. The molecular weight excluding hydrogens is 426 g/mol. The average molecular weight is 444 g/mol. The van der Waals surface area contributed by atoms with E-state index in [1.807, 2.05) is 0 Å². The van der Waals surface area contributed by atoms with E-state index in [0.717, 1.165) is 0 Å². The minimum atomic E-state index is -0.343. The number of hydrogen-bond donors (Lipinski definition) is 2. The zero-order chi connectivity index (χ0) is 21.4. The van der Waals surface area contributed by atoms with Crippen molar-refractivity contribution in [3.8, 4) is 11.5 Å². The maximum absolute atomic E-state index is 12.8. The minimum absolute atomic E-state index is 0.142. The number of nitrogens with zero attached hydrogens (tertiary/aromatic N) is 3. The van der Waals surface area contributed by atoms with Gasteiger partial charge >= 0.3 is 0 Å². The number of aryl methyl sites for hydroxylation is 2. The predicted octanol–water partition coefficient (Wildman–Crippen LogP) is 2.91. The number of rotatable bonds is 5. The molecule has 4 heterocycles. The van der Waals surface area contributed by atoms with Crippen molar-refractivity contribution < 1.29 is 14.0 Å². The number of anilines is 1. The van der Waals surface area contributed by atoms with Crippen LogP contribution < -0.4 is 16.2 Å². The topological polar surface area (TPSA) is 119 Å². The van der Waals surface area contributed by atoms with Crippen LogP contribution in [0, 0.1) is 6.92 Å². The normalized spacial score (nSPS) is 11.0. The van der Waals surface area contributed by atoms with Gasteiger partial charge in [-0.05, 0) is 24.6 Å².